The van der Waals surface area contributed by atoms with E-state index in [4.69, 9.17) is 63.2 Å². The number of ether oxygens (including phenoxy) is 4. The molecule has 2 saturated carbocycles. The number of fused-ring (bicyclic) bond motifs is 6. The fraction of sp³-hybridized carbons (Fsp3) is 0.491. The topological polar surface area (TPSA) is 147 Å². The van der Waals surface area contributed by atoms with Gasteiger partial charge in [0.05, 0.1) is 36.6 Å². The molecule has 4 N–H and O–H groups in total. The van der Waals surface area contributed by atoms with Gasteiger partial charge in [0, 0.05) is 60.3 Å². The number of nitrogens with two attached hydrogens (primary N) is 2. The summed E-state index contributed by atoms with van der Waals surface area (Å²) >= 11 is 3.59. The van der Waals surface area contributed by atoms with Gasteiger partial charge in [-0.05, 0) is 169 Å². The molecule has 17 heteroatoms. The van der Waals surface area contributed by atoms with Gasteiger partial charge < -0.3 is 30.4 Å². The summed E-state index contributed by atoms with van der Waals surface area (Å²) in [7, 11) is 7.17. The third kappa shape index (κ3) is 8.84. The third-order valence-electron chi connectivity index (χ3n) is 16.5. The molecule has 2 unspecified atom stereocenters. The highest BCUT2D eigenvalue weighted by Crippen LogP contribution is 2.64. The van der Waals surface area contributed by atoms with Crippen LogP contribution in [0.4, 0.5) is 20.2 Å². The lowest BCUT2D eigenvalue weighted by molar-refractivity contribution is -0.232. The number of benzene rings is 4. The molecule has 14 nitrogen and oxygen atoms in total. The van der Waals surface area contributed by atoms with E-state index in [2.05, 4.69) is 49.9 Å². The highest BCUT2D eigenvalue weighted by atomic mass is 79.9. The molecule has 3 fully saturated rings. The minimum Gasteiger partial charge on any atom is -0.381 e. The Balaban J connectivity index is 0.000000139. The zero-order valence-electron chi connectivity index (χ0n) is 42.2. The van der Waals surface area contributed by atoms with E-state index >= 15 is 0 Å². The molecule has 7 aliphatic rings. The summed E-state index contributed by atoms with van der Waals surface area (Å²) < 4.78 is 51.3. The number of hydrogen-bond acceptors (Lipinski definition) is 12. The van der Waals surface area contributed by atoms with Crippen LogP contribution in [0.5, 0.6) is 0 Å². The first kappa shape index (κ1) is 51.4. The van der Waals surface area contributed by atoms with E-state index in [9.17, 15) is 8.78 Å². The number of rotatable bonds is 4. The van der Waals surface area contributed by atoms with Gasteiger partial charge >= 0.3 is 0 Å². The lowest BCUT2D eigenvalue weighted by Gasteiger charge is -2.45. The maximum absolute atomic E-state index is 14.1. The van der Waals surface area contributed by atoms with Crippen molar-refractivity contribution in [3.8, 4) is 11.1 Å². The first-order valence-electron chi connectivity index (χ1n) is 24.4. The predicted molar refractivity (Wildman–Crippen MR) is 273 cm³/mol. The summed E-state index contributed by atoms with van der Waals surface area (Å²) in [6.07, 6.45) is 9.65. The van der Waals surface area contributed by atoms with Gasteiger partial charge in [0.15, 0.2) is 17.7 Å². The monoisotopic (exact) mass is 1050 g/mol. The van der Waals surface area contributed by atoms with Gasteiger partial charge in [-0.15, -0.1) is 0 Å². The molecule has 0 radical (unpaired) electrons. The molecule has 4 aromatic carbocycles. The molecule has 380 valence electrons. The Kier molecular flexibility index (Phi) is 13.6. The van der Waals surface area contributed by atoms with Crippen molar-refractivity contribution in [2.24, 2.45) is 32.3 Å². The molecule has 2 atom stereocenters. The van der Waals surface area contributed by atoms with Gasteiger partial charge in [-0.2, -0.15) is 0 Å². The molecule has 0 aromatic heterocycles. The van der Waals surface area contributed by atoms with Crippen molar-refractivity contribution in [1.82, 2.24) is 10.1 Å². The molecule has 11 rings (SSSR count). The van der Waals surface area contributed by atoms with E-state index in [1.54, 1.807) is 43.5 Å². The Bertz CT molecular complexity index is 2890. The van der Waals surface area contributed by atoms with E-state index in [0.29, 0.717) is 29.1 Å². The summed E-state index contributed by atoms with van der Waals surface area (Å²) in [6.45, 7) is 21.9. The van der Waals surface area contributed by atoms with Gasteiger partial charge in [0.25, 0.3) is 0 Å². The largest absolute Gasteiger partial charge is 0.381 e. The van der Waals surface area contributed by atoms with Crippen molar-refractivity contribution in [3.63, 3.8) is 0 Å². The fourth-order valence-electron chi connectivity index (χ4n) is 11.8. The average molecular weight is 1050 g/mol. The standard InChI is InChI=1S/C24H25FN4O2.C17H22BrN3O2.C14H16FNO2/c1-27-19-11-17(10-18(25)13-19)15-4-5-16-14-23(8-6-20(30-3)7-9-23)24(21(16)12-15)28-22(26)29(2)31-24;1-21-15(19)20-17(23-21)14-9-12(18)4-3-11(14)10-16(17)7-5-13(22-2)6-8-16;1-13(2)14(3,4)18-12(17-13)9-6-10(15)8-11(7-9)16-5/h4-5,10-13,20H,6-9,14H2,2-3H3,(H2,26,28);3-4,9,13H,5-8,10H2,1-2H3,(H2,19,20);6-8,12H,1-4H3. The second-order valence-electron chi connectivity index (χ2n) is 21.1. The van der Waals surface area contributed by atoms with Crippen LogP contribution in [-0.4, -0.2) is 73.8 Å². The maximum atomic E-state index is 14.1. The number of hydroxylamine groups is 4. The van der Waals surface area contributed by atoms with Crippen LogP contribution in [0.1, 0.15) is 113 Å². The van der Waals surface area contributed by atoms with Crippen LogP contribution in [0.15, 0.2) is 87.3 Å². The van der Waals surface area contributed by atoms with Crippen molar-refractivity contribution in [1.29, 1.82) is 0 Å². The molecule has 0 bridgehead atoms. The minimum absolute atomic E-state index is 0.0411. The van der Waals surface area contributed by atoms with E-state index in [-0.39, 0.29) is 28.3 Å². The van der Waals surface area contributed by atoms with E-state index in [0.717, 1.165) is 85.4 Å². The van der Waals surface area contributed by atoms with Crippen molar-refractivity contribution < 1.29 is 37.4 Å². The van der Waals surface area contributed by atoms with Crippen LogP contribution in [-0.2, 0) is 52.9 Å². The van der Waals surface area contributed by atoms with Crippen LogP contribution < -0.4 is 11.5 Å². The Morgan fingerprint density at radius 3 is 1.56 bits per heavy atom. The van der Waals surface area contributed by atoms with Gasteiger partial charge in [-0.3, -0.25) is 0 Å². The Labute approximate surface area is 429 Å². The third-order valence-corrected chi connectivity index (χ3v) is 17.0. The number of aliphatic imine (C=N–C) groups is 2. The first-order valence-corrected chi connectivity index (χ1v) is 25.2. The first-order chi connectivity index (χ1) is 34.1. The number of halogens is 3. The fourth-order valence-corrected chi connectivity index (χ4v) is 12.2. The normalized spacial score (nSPS) is 29.5. The zero-order valence-corrected chi connectivity index (χ0v) is 43.7. The summed E-state index contributed by atoms with van der Waals surface area (Å²) in [5.74, 6) is -0.0704. The summed E-state index contributed by atoms with van der Waals surface area (Å²) in [4.78, 5) is 29.1. The lowest BCUT2D eigenvalue weighted by atomic mass is 9.66. The summed E-state index contributed by atoms with van der Waals surface area (Å²) in [5, 5.41) is 3.16. The summed E-state index contributed by atoms with van der Waals surface area (Å²) in [6, 6.07) is 21.1. The molecular weight excluding hydrogens is 987 g/mol. The molecule has 0 amide bonds. The second kappa shape index (κ2) is 19.1. The smallest absolute Gasteiger partial charge is 0.220 e. The van der Waals surface area contributed by atoms with E-state index < -0.39 is 40.6 Å². The van der Waals surface area contributed by atoms with Crippen LogP contribution in [0.25, 0.3) is 20.8 Å². The molecule has 4 spiro atoms. The van der Waals surface area contributed by atoms with Gasteiger partial charge in [0.1, 0.15) is 11.6 Å². The number of hydrogen-bond donors (Lipinski definition) is 2. The van der Waals surface area contributed by atoms with Gasteiger partial charge in [0.2, 0.25) is 23.4 Å². The quantitative estimate of drug-likeness (QED) is 0.189. The van der Waals surface area contributed by atoms with Crippen LogP contribution in [0.3, 0.4) is 0 Å². The average Bonchev–Trinajstić information content (AvgIpc) is 4.06. The minimum atomic E-state index is -0.897. The molecule has 72 heavy (non-hydrogen) atoms. The van der Waals surface area contributed by atoms with Crippen molar-refractivity contribution in [2.75, 3.05) is 28.3 Å². The highest BCUT2D eigenvalue weighted by Gasteiger charge is 2.65. The predicted octanol–water partition coefficient (Wildman–Crippen LogP) is 11.4. The van der Waals surface area contributed by atoms with Crippen molar-refractivity contribution in [3.05, 3.63) is 140 Å². The maximum Gasteiger partial charge on any atom is 0.220 e. The molecule has 4 aliphatic carbocycles. The Morgan fingerprint density at radius 1 is 0.639 bits per heavy atom. The molecule has 4 aromatic rings. The second-order valence-corrected chi connectivity index (χ2v) is 22.0. The van der Waals surface area contributed by atoms with Gasteiger partial charge in [-0.25, -0.2) is 48.3 Å². The molecular formula is C55H63BrF2N8O6. The zero-order chi connectivity index (χ0) is 51.6. The number of nitrogens with zero attached hydrogens (tertiary/aromatic N) is 6. The highest BCUT2D eigenvalue weighted by molar-refractivity contribution is 9.10. The molecule has 3 heterocycles. The van der Waals surface area contributed by atoms with Crippen molar-refractivity contribution in [2.45, 2.75) is 133 Å². The Morgan fingerprint density at radius 2 is 1.10 bits per heavy atom. The van der Waals surface area contributed by atoms with Crippen molar-refractivity contribution >= 4 is 39.2 Å². The molecule has 3 aliphatic heterocycles. The van der Waals surface area contributed by atoms with Crippen LogP contribution in [0, 0.1) is 35.6 Å². The Hall–Kier alpha value is -5.50. The van der Waals surface area contributed by atoms with Crippen LogP contribution in [0.2, 0.25) is 0 Å². The van der Waals surface area contributed by atoms with E-state index in [1.165, 1.54) is 35.4 Å². The number of methoxy groups -OCH3 is 2. The lowest BCUT2D eigenvalue weighted by Crippen LogP contribution is -2.46. The SMILES string of the molecule is COC1CCC2(CC1)Cc1ccc(Br)cc1C21N=C(N)N(C)O1.[C-]#[N+]c1cc(F)cc(-c2ccc3c(c2)C2(N=C(N)N(C)O2)C2(CCC(OC)CC2)C3)c1.[C-]#[N+]c1cc(F)cc(C2OC(C)(C)C(C)(C)O2)c1. The van der Waals surface area contributed by atoms with E-state index in [1.807, 2.05) is 46.9 Å². The van der Waals surface area contributed by atoms with Gasteiger partial charge in [-0.1, -0.05) is 34.1 Å². The van der Waals surface area contributed by atoms with Crippen LogP contribution >= 0.6 is 15.9 Å². The number of guanidine groups is 2. The summed E-state index contributed by atoms with van der Waals surface area (Å²) in [5.41, 5.74) is 16.7. The molecule has 1 saturated heterocycles.